The molecule has 1 unspecified atom stereocenters. The minimum atomic E-state index is -1.00. The topological polar surface area (TPSA) is 107 Å². The number of carboxylic acid groups (broad SMARTS) is 1. The van der Waals surface area contributed by atoms with E-state index < -0.39 is 12.1 Å². The molecule has 0 aliphatic rings. The molecule has 2 N–H and O–H groups in total. The number of aliphatic carboxylic acids is 1. The Kier molecular flexibility index (Phi) is 12.2. The maximum absolute atomic E-state index is 13.1. The summed E-state index contributed by atoms with van der Waals surface area (Å²) < 4.78 is 35.1. The molecular weight excluding hydrogens is 519 g/mol. The van der Waals surface area contributed by atoms with Crippen LogP contribution in [0.2, 0.25) is 0 Å². The number of halogens is 1. The van der Waals surface area contributed by atoms with Gasteiger partial charge in [-0.2, -0.15) is 0 Å². The van der Waals surface area contributed by atoms with E-state index in [0.717, 1.165) is 11.1 Å². The third kappa shape index (κ3) is 10.2. The molecule has 0 aromatic heterocycles. The fourth-order valence-electron chi connectivity index (χ4n) is 3.77. The van der Waals surface area contributed by atoms with Crippen LogP contribution < -0.4 is 14.8 Å². The second-order valence-electron chi connectivity index (χ2n) is 8.80. The van der Waals surface area contributed by atoms with Crippen molar-refractivity contribution in [3.05, 3.63) is 89.7 Å². The SMILES string of the molecule is CCOC(Cc1ccc(OCCN(CCOCc2ccc(F)cc2)C(=O)Nc2ccc(OC)cc2)cc1)C(=O)O. The monoisotopic (exact) mass is 554 g/mol. The number of amides is 2. The molecule has 3 aromatic rings. The second-order valence-corrected chi connectivity index (χ2v) is 8.80. The number of rotatable bonds is 16. The molecule has 1 atom stereocenters. The lowest BCUT2D eigenvalue weighted by atomic mass is 10.1. The summed E-state index contributed by atoms with van der Waals surface area (Å²) in [6.07, 6.45) is -0.652. The van der Waals surface area contributed by atoms with Gasteiger partial charge >= 0.3 is 12.0 Å². The normalized spacial score (nSPS) is 11.5. The summed E-state index contributed by atoms with van der Waals surface area (Å²) in [5, 5.41) is 12.2. The molecule has 0 radical (unpaired) electrons. The molecule has 0 aliphatic heterocycles. The standard InChI is InChI=1S/C30H35FN2O7/c1-3-39-28(29(34)35)20-22-6-12-27(13-7-22)40-19-17-33(16-18-38-21-23-4-8-24(31)9-5-23)30(36)32-25-10-14-26(37-2)15-11-25/h4-15,28H,3,16-21H2,1-2H3,(H,32,36)(H,34,35). The van der Waals surface area contributed by atoms with Crippen molar-refractivity contribution in [2.24, 2.45) is 0 Å². The van der Waals surface area contributed by atoms with E-state index in [2.05, 4.69) is 5.32 Å². The lowest BCUT2D eigenvalue weighted by molar-refractivity contribution is -0.149. The summed E-state index contributed by atoms with van der Waals surface area (Å²) in [5.41, 5.74) is 2.26. The third-order valence-corrected chi connectivity index (χ3v) is 5.93. The number of methoxy groups -OCH3 is 1. The summed E-state index contributed by atoms with van der Waals surface area (Å²) in [6.45, 7) is 3.46. The molecule has 0 saturated carbocycles. The Labute approximate surface area is 233 Å². The molecule has 0 fully saturated rings. The number of anilines is 1. The van der Waals surface area contributed by atoms with Crippen molar-refractivity contribution in [1.82, 2.24) is 4.90 Å². The minimum absolute atomic E-state index is 0.226. The van der Waals surface area contributed by atoms with Crippen LogP contribution in [0.3, 0.4) is 0 Å². The van der Waals surface area contributed by atoms with Gasteiger partial charge in [0.2, 0.25) is 0 Å². The van der Waals surface area contributed by atoms with Gasteiger partial charge in [-0.05, 0) is 66.6 Å². The molecule has 40 heavy (non-hydrogen) atoms. The van der Waals surface area contributed by atoms with Gasteiger partial charge in [0.15, 0.2) is 6.10 Å². The van der Waals surface area contributed by atoms with Gasteiger partial charge in [0, 0.05) is 25.3 Å². The lowest BCUT2D eigenvalue weighted by Gasteiger charge is -2.23. The van der Waals surface area contributed by atoms with Gasteiger partial charge in [0.25, 0.3) is 0 Å². The van der Waals surface area contributed by atoms with Crippen LogP contribution in [0.4, 0.5) is 14.9 Å². The summed E-state index contributed by atoms with van der Waals surface area (Å²) in [4.78, 5) is 26.0. The Bertz CT molecular complexity index is 1190. The molecule has 0 bridgehead atoms. The number of hydrogen-bond acceptors (Lipinski definition) is 6. The number of hydrogen-bond donors (Lipinski definition) is 2. The highest BCUT2D eigenvalue weighted by Crippen LogP contribution is 2.17. The number of ether oxygens (including phenoxy) is 4. The fraction of sp³-hybridized carbons (Fsp3) is 0.333. The molecule has 3 aromatic carbocycles. The molecule has 2 amide bonds. The third-order valence-electron chi connectivity index (χ3n) is 5.93. The molecule has 0 aliphatic carbocycles. The van der Waals surface area contributed by atoms with Crippen LogP contribution in [0.5, 0.6) is 11.5 Å². The van der Waals surface area contributed by atoms with Crippen molar-refractivity contribution in [2.45, 2.75) is 26.1 Å². The van der Waals surface area contributed by atoms with E-state index >= 15 is 0 Å². The summed E-state index contributed by atoms with van der Waals surface area (Å²) in [7, 11) is 1.57. The summed E-state index contributed by atoms with van der Waals surface area (Å²) >= 11 is 0. The molecule has 0 heterocycles. The highest BCUT2D eigenvalue weighted by Gasteiger charge is 2.18. The van der Waals surface area contributed by atoms with Crippen LogP contribution in [0.1, 0.15) is 18.1 Å². The van der Waals surface area contributed by atoms with E-state index in [-0.39, 0.29) is 38.0 Å². The Hall–Kier alpha value is -4.15. The molecule has 0 spiro atoms. The Balaban J connectivity index is 1.54. The number of benzene rings is 3. The first kappa shape index (κ1) is 30.4. The van der Waals surface area contributed by atoms with Crippen molar-refractivity contribution in [1.29, 1.82) is 0 Å². The Morgan fingerprint density at radius 3 is 2.15 bits per heavy atom. The molecule has 214 valence electrons. The van der Waals surface area contributed by atoms with Crippen LogP contribution in [-0.4, -0.2) is 68.1 Å². The van der Waals surface area contributed by atoms with Crippen LogP contribution in [0.15, 0.2) is 72.8 Å². The first-order valence-corrected chi connectivity index (χ1v) is 13.0. The van der Waals surface area contributed by atoms with Gasteiger partial charge < -0.3 is 34.3 Å². The van der Waals surface area contributed by atoms with Gasteiger partial charge in [-0.25, -0.2) is 14.0 Å². The highest BCUT2D eigenvalue weighted by molar-refractivity contribution is 5.89. The lowest BCUT2D eigenvalue weighted by Crippen LogP contribution is -2.40. The number of carbonyl (C=O) groups excluding carboxylic acids is 1. The number of urea groups is 1. The average molecular weight is 555 g/mol. The Morgan fingerprint density at radius 1 is 0.900 bits per heavy atom. The van der Waals surface area contributed by atoms with Gasteiger partial charge in [-0.3, -0.25) is 0 Å². The van der Waals surface area contributed by atoms with E-state index in [0.29, 0.717) is 36.9 Å². The molecular formula is C30H35FN2O7. The summed E-state index contributed by atoms with van der Waals surface area (Å²) in [5.74, 6) is -0.0403. The van der Waals surface area contributed by atoms with Gasteiger partial charge in [0.05, 0.1) is 26.9 Å². The maximum atomic E-state index is 13.1. The van der Waals surface area contributed by atoms with E-state index in [1.165, 1.54) is 12.1 Å². The van der Waals surface area contributed by atoms with Crippen molar-refractivity contribution < 1.29 is 38.0 Å². The highest BCUT2D eigenvalue weighted by atomic mass is 19.1. The van der Waals surface area contributed by atoms with E-state index in [4.69, 9.17) is 18.9 Å². The van der Waals surface area contributed by atoms with E-state index in [9.17, 15) is 19.1 Å². The zero-order chi connectivity index (χ0) is 28.7. The average Bonchev–Trinajstić information content (AvgIpc) is 2.96. The fourth-order valence-corrected chi connectivity index (χ4v) is 3.77. The van der Waals surface area contributed by atoms with Crippen molar-refractivity contribution in [3.63, 3.8) is 0 Å². The van der Waals surface area contributed by atoms with Gasteiger partial charge in [-0.15, -0.1) is 0 Å². The van der Waals surface area contributed by atoms with Crippen molar-refractivity contribution >= 4 is 17.7 Å². The van der Waals surface area contributed by atoms with Crippen molar-refractivity contribution in [3.8, 4) is 11.5 Å². The van der Waals surface area contributed by atoms with Gasteiger partial charge in [0.1, 0.15) is 23.9 Å². The molecule has 10 heteroatoms. The van der Waals surface area contributed by atoms with Crippen molar-refractivity contribution in [2.75, 3.05) is 45.3 Å². The zero-order valence-electron chi connectivity index (χ0n) is 22.7. The largest absolute Gasteiger partial charge is 0.497 e. The van der Waals surface area contributed by atoms with Crippen LogP contribution >= 0.6 is 0 Å². The molecule has 9 nitrogen and oxygen atoms in total. The first-order chi connectivity index (χ1) is 19.4. The number of carbonyl (C=O) groups is 2. The van der Waals surface area contributed by atoms with Crippen LogP contribution in [0.25, 0.3) is 0 Å². The number of nitrogens with zero attached hydrogens (tertiary/aromatic N) is 1. The zero-order valence-corrected chi connectivity index (χ0v) is 22.7. The predicted octanol–water partition coefficient (Wildman–Crippen LogP) is 5.00. The van der Waals surface area contributed by atoms with E-state index in [1.54, 1.807) is 79.6 Å². The molecule has 0 saturated heterocycles. The Morgan fingerprint density at radius 2 is 1.52 bits per heavy atom. The number of nitrogens with one attached hydrogen (secondary N) is 1. The van der Waals surface area contributed by atoms with E-state index in [1.807, 2.05) is 0 Å². The number of carboxylic acids is 1. The first-order valence-electron chi connectivity index (χ1n) is 13.0. The minimum Gasteiger partial charge on any atom is -0.497 e. The smallest absolute Gasteiger partial charge is 0.333 e. The summed E-state index contributed by atoms with van der Waals surface area (Å²) in [6, 6.07) is 19.9. The van der Waals surface area contributed by atoms with Gasteiger partial charge in [-0.1, -0.05) is 24.3 Å². The van der Waals surface area contributed by atoms with Crippen LogP contribution in [-0.2, 0) is 27.3 Å². The maximum Gasteiger partial charge on any atom is 0.333 e. The molecule has 3 rings (SSSR count). The second kappa shape index (κ2) is 16.1. The van der Waals surface area contributed by atoms with Crippen LogP contribution in [0, 0.1) is 5.82 Å². The predicted molar refractivity (Wildman–Crippen MR) is 148 cm³/mol. The quantitative estimate of drug-likeness (QED) is 0.240.